The molecule has 0 aliphatic rings. The van der Waals surface area contributed by atoms with Crippen LogP contribution in [0.3, 0.4) is 0 Å². The third kappa shape index (κ3) is 2.91. The van der Waals surface area contributed by atoms with Crippen molar-refractivity contribution >= 4 is 10.9 Å². The molecule has 0 saturated heterocycles. The van der Waals surface area contributed by atoms with Crippen molar-refractivity contribution in [3.63, 3.8) is 0 Å². The van der Waals surface area contributed by atoms with Gasteiger partial charge in [-0.2, -0.15) is 0 Å². The number of hydrogen-bond donors (Lipinski definition) is 0. The number of rotatable bonds is 0. The summed E-state index contributed by atoms with van der Waals surface area (Å²) in [5, 5.41) is 4.84. The monoisotopic (exact) mass is 226 g/mol. The molecule has 0 saturated carbocycles. The number of pyridine rings is 1. The van der Waals surface area contributed by atoms with Crippen LogP contribution in [-0.4, -0.2) is 10.1 Å². The molecule has 0 radical (unpaired) electrons. The summed E-state index contributed by atoms with van der Waals surface area (Å²) in [6, 6.07) is 12.1. The van der Waals surface area contributed by atoms with Gasteiger partial charge in [0.2, 0.25) is 0 Å². The van der Waals surface area contributed by atoms with E-state index in [9.17, 15) is 0 Å². The maximum atomic E-state index is 4.59. The van der Waals surface area contributed by atoms with Gasteiger partial charge in [0.05, 0.1) is 11.2 Å². The van der Waals surface area contributed by atoms with E-state index in [1.807, 2.05) is 44.3 Å². The van der Waals surface area contributed by atoms with Gasteiger partial charge in [0.25, 0.3) is 0 Å². The first-order valence-electron chi connectivity index (χ1n) is 5.45. The average molecular weight is 226 g/mol. The highest BCUT2D eigenvalue weighted by Gasteiger charge is 1.91. The normalized spacial score (nSPS) is 9.76. The van der Waals surface area contributed by atoms with Gasteiger partial charge in [-0.05, 0) is 26.0 Å². The van der Waals surface area contributed by atoms with Crippen molar-refractivity contribution in [2.45, 2.75) is 13.8 Å². The fourth-order valence-electron chi connectivity index (χ4n) is 1.36. The van der Waals surface area contributed by atoms with Gasteiger partial charge in [-0.15, -0.1) is 0 Å². The Morgan fingerprint density at radius 2 is 1.76 bits per heavy atom. The Kier molecular flexibility index (Phi) is 3.50. The number of fused-ring (bicyclic) bond motifs is 1. The molecule has 0 spiro atoms. The molecule has 17 heavy (non-hydrogen) atoms. The molecular weight excluding hydrogens is 212 g/mol. The van der Waals surface area contributed by atoms with E-state index in [2.05, 4.69) is 26.8 Å². The van der Waals surface area contributed by atoms with Crippen LogP contribution in [0, 0.1) is 13.8 Å². The van der Waals surface area contributed by atoms with Crippen molar-refractivity contribution in [2.24, 2.45) is 0 Å². The van der Waals surface area contributed by atoms with Crippen LogP contribution in [0.2, 0.25) is 0 Å². The smallest absolute Gasteiger partial charge is 0.126 e. The van der Waals surface area contributed by atoms with Gasteiger partial charge in [0, 0.05) is 17.1 Å². The standard InChI is InChI=1S/C9H7N.C5H7NO/c1-2-6-9-8(4-1)5-3-7-10-9;1-4-3-7-6-5(4)2/h1-7H;3H,1-2H3. The van der Waals surface area contributed by atoms with Crippen LogP contribution in [0.1, 0.15) is 11.3 Å². The van der Waals surface area contributed by atoms with Crippen LogP contribution in [-0.2, 0) is 0 Å². The first-order chi connectivity index (χ1) is 8.27. The van der Waals surface area contributed by atoms with Crippen molar-refractivity contribution in [3.8, 4) is 0 Å². The van der Waals surface area contributed by atoms with E-state index in [1.54, 1.807) is 6.26 Å². The van der Waals surface area contributed by atoms with E-state index in [1.165, 1.54) is 5.39 Å². The topological polar surface area (TPSA) is 38.9 Å². The van der Waals surface area contributed by atoms with Gasteiger partial charge in [0.15, 0.2) is 0 Å². The molecule has 2 aromatic heterocycles. The SMILES string of the molecule is Cc1conc1C.c1ccc2ncccc2c1. The zero-order chi connectivity index (χ0) is 12.1. The first-order valence-corrected chi connectivity index (χ1v) is 5.45. The lowest BCUT2D eigenvalue weighted by molar-refractivity contribution is 0.414. The zero-order valence-corrected chi connectivity index (χ0v) is 9.92. The third-order valence-electron chi connectivity index (χ3n) is 2.50. The second kappa shape index (κ2) is 5.25. The fraction of sp³-hybridized carbons (Fsp3) is 0.143. The molecule has 86 valence electrons. The van der Waals surface area contributed by atoms with E-state index in [4.69, 9.17) is 0 Å². The highest BCUT2D eigenvalue weighted by molar-refractivity contribution is 5.77. The molecule has 3 rings (SSSR count). The molecule has 3 heteroatoms. The summed E-state index contributed by atoms with van der Waals surface area (Å²) in [4.78, 5) is 4.18. The minimum Gasteiger partial charge on any atom is -0.364 e. The molecule has 0 N–H and O–H groups in total. The van der Waals surface area contributed by atoms with E-state index in [0.717, 1.165) is 16.8 Å². The zero-order valence-electron chi connectivity index (χ0n) is 9.92. The number of nitrogens with zero attached hydrogens (tertiary/aromatic N) is 2. The van der Waals surface area contributed by atoms with Crippen LogP contribution in [0.4, 0.5) is 0 Å². The van der Waals surface area contributed by atoms with Gasteiger partial charge in [-0.3, -0.25) is 4.98 Å². The van der Waals surface area contributed by atoms with Crippen LogP contribution in [0.15, 0.2) is 53.4 Å². The Labute approximate surface area is 100 Å². The molecule has 0 amide bonds. The molecule has 0 fully saturated rings. The highest BCUT2D eigenvalue weighted by atomic mass is 16.5. The van der Waals surface area contributed by atoms with Crippen LogP contribution in [0.5, 0.6) is 0 Å². The van der Waals surface area contributed by atoms with Crippen LogP contribution >= 0.6 is 0 Å². The van der Waals surface area contributed by atoms with E-state index >= 15 is 0 Å². The minimum atomic E-state index is 0.972. The van der Waals surface area contributed by atoms with E-state index < -0.39 is 0 Å². The van der Waals surface area contributed by atoms with Crippen LogP contribution in [0.25, 0.3) is 10.9 Å². The number of benzene rings is 1. The number of aryl methyl sites for hydroxylation is 2. The van der Waals surface area contributed by atoms with E-state index in [0.29, 0.717) is 0 Å². The second-order valence-electron chi connectivity index (χ2n) is 3.78. The maximum absolute atomic E-state index is 4.59. The van der Waals surface area contributed by atoms with Gasteiger partial charge >= 0.3 is 0 Å². The van der Waals surface area contributed by atoms with Crippen molar-refractivity contribution in [1.82, 2.24) is 10.1 Å². The number of hydrogen-bond acceptors (Lipinski definition) is 3. The second-order valence-corrected chi connectivity index (χ2v) is 3.78. The Morgan fingerprint density at radius 3 is 2.35 bits per heavy atom. The summed E-state index contributed by atoms with van der Waals surface area (Å²) in [6.07, 6.45) is 3.44. The van der Waals surface area contributed by atoms with Crippen molar-refractivity contribution in [1.29, 1.82) is 0 Å². The molecule has 0 unspecified atom stereocenters. The Hall–Kier alpha value is -2.16. The molecule has 3 aromatic rings. The number of aromatic nitrogens is 2. The maximum Gasteiger partial charge on any atom is 0.126 e. The summed E-state index contributed by atoms with van der Waals surface area (Å²) in [5.74, 6) is 0. The highest BCUT2D eigenvalue weighted by Crippen LogP contribution is 2.07. The van der Waals surface area contributed by atoms with Gasteiger partial charge < -0.3 is 4.52 Å². The molecule has 0 atom stereocenters. The quantitative estimate of drug-likeness (QED) is 0.588. The molecule has 2 heterocycles. The lowest BCUT2D eigenvalue weighted by atomic mass is 10.2. The summed E-state index contributed by atoms with van der Waals surface area (Å²) >= 11 is 0. The molecule has 0 bridgehead atoms. The summed E-state index contributed by atoms with van der Waals surface area (Å²) in [7, 11) is 0. The minimum absolute atomic E-state index is 0.972. The lowest BCUT2D eigenvalue weighted by Crippen LogP contribution is -1.73. The van der Waals surface area contributed by atoms with Crippen molar-refractivity contribution in [2.75, 3.05) is 0 Å². The summed E-state index contributed by atoms with van der Waals surface area (Å²) in [6.45, 7) is 3.88. The molecule has 3 nitrogen and oxygen atoms in total. The molecule has 0 aliphatic heterocycles. The Balaban J connectivity index is 0.000000136. The lowest BCUT2D eigenvalue weighted by Gasteiger charge is -1.91. The van der Waals surface area contributed by atoms with Gasteiger partial charge in [-0.25, -0.2) is 0 Å². The number of para-hydroxylation sites is 1. The predicted molar refractivity (Wildman–Crippen MR) is 67.7 cm³/mol. The van der Waals surface area contributed by atoms with Crippen LogP contribution < -0.4 is 0 Å². The van der Waals surface area contributed by atoms with Gasteiger partial charge in [0.1, 0.15) is 6.26 Å². The summed E-state index contributed by atoms with van der Waals surface area (Å²) < 4.78 is 4.59. The summed E-state index contributed by atoms with van der Waals surface area (Å²) in [5.41, 5.74) is 3.14. The molecule has 0 aliphatic carbocycles. The Bertz CT molecular complexity index is 520. The van der Waals surface area contributed by atoms with E-state index in [-0.39, 0.29) is 0 Å². The Morgan fingerprint density at radius 1 is 1.00 bits per heavy atom. The predicted octanol–water partition coefficient (Wildman–Crippen LogP) is 3.53. The largest absolute Gasteiger partial charge is 0.364 e. The fourth-order valence-corrected chi connectivity index (χ4v) is 1.36. The van der Waals surface area contributed by atoms with Crippen molar-refractivity contribution < 1.29 is 4.52 Å². The van der Waals surface area contributed by atoms with Crippen molar-refractivity contribution in [3.05, 3.63) is 60.1 Å². The third-order valence-corrected chi connectivity index (χ3v) is 2.50. The molecular formula is C14H14N2O. The molecule has 1 aromatic carbocycles. The first kappa shape index (κ1) is 11.3. The average Bonchev–Trinajstić information content (AvgIpc) is 2.75. The van der Waals surface area contributed by atoms with Gasteiger partial charge in [-0.1, -0.05) is 29.4 Å².